The molecule has 0 radical (unpaired) electrons. The van der Waals surface area contributed by atoms with Gasteiger partial charge in [-0.1, -0.05) is 0 Å². The quantitative estimate of drug-likeness (QED) is 0.638. The molecule has 1 N–H and O–H groups in total. The maximum absolute atomic E-state index is 12.5. The van der Waals surface area contributed by atoms with Crippen LogP contribution in [0, 0.1) is 21.4 Å². The lowest BCUT2D eigenvalue weighted by Gasteiger charge is -2.10. The minimum atomic E-state index is -4.89. The molecule has 1 aromatic rings. The molecule has 90 valence electrons. The van der Waals surface area contributed by atoms with E-state index in [9.17, 15) is 23.3 Å². The summed E-state index contributed by atoms with van der Waals surface area (Å²) in [7, 11) is 0. The first kappa shape index (κ1) is 12.9. The second kappa shape index (κ2) is 4.39. The first-order valence-electron chi connectivity index (χ1n) is 4.20. The number of halogens is 3. The lowest BCUT2D eigenvalue weighted by molar-refractivity contribution is -0.385. The van der Waals surface area contributed by atoms with E-state index in [2.05, 4.69) is 0 Å². The third kappa shape index (κ3) is 2.51. The number of nitro groups is 1. The number of alkyl halides is 3. The van der Waals surface area contributed by atoms with Crippen molar-refractivity contribution in [3.63, 3.8) is 0 Å². The van der Waals surface area contributed by atoms with Crippen LogP contribution in [0.4, 0.5) is 18.9 Å². The first-order valence-corrected chi connectivity index (χ1v) is 4.20. The minimum absolute atomic E-state index is 0.276. The van der Waals surface area contributed by atoms with Gasteiger partial charge in [0.2, 0.25) is 0 Å². The summed E-state index contributed by atoms with van der Waals surface area (Å²) in [5, 5.41) is 27.8. The normalized spacial score (nSPS) is 11.0. The zero-order valence-electron chi connectivity index (χ0n) is 8.15. The zero-order valence-corrected chi connectivity index (χ0v) is 8.15. The summed E-state index contributed by atoms with van der Waals surface area (Å²) < 4.78 is 37.6. The molecule has 17 heavy (non-hydrogen) atoms. The number of nitrogens with zero attached hydrogens (tertiary/aromatic N) is 2. The molecule has 0 aromatic heterocycles. The molecule has 1 aromatic carbocycles. The average Bonchev–Trinajstić information content (AvgIpc) is 2.25. The van der Waals surface area contributed by atoms with Crippen LogP contribution >= 0.6 is 0 Å². The summed E-state index contributed by atoms with van der Waals surface area (Å²) in [6.07, 6.45) is -4.89. The van der Waals surface area contributed by atoms with Crippen LogP contribution in [-0.2, 0) is 12.8 Å². The van der Waals surface area contributed by atoms with Crippen LogP contribution in [0.1, 0.15) is 16.7 Å². The van der Waals surface area contributed by atoms with E-state index < -0.39 is 40.1 Å². The monoisotopic (exact) mass is 246 g/mol. The second-order valence-electron chi connectivity index (χ2n) is 3.05. The number of rotatable bonds is 2. The Balaban J connectivity index is 3.61. The van der Waals surface area contributed by atoms with Crippen molar-refractivity contribution < 1.29 is 23.2 Å². The van der Waals surface area contributed by atoms with Gasteiger partial charge in [-0.2, -0.15) is 18.4 Å². The fraction of sp³-hybridized carbons (Fsp3) is 0.222. The van der Waals surface area contributed by atoms with Crippen LogP contribution in [0.3, 0.4) is 0 Å². The molecule has 8 heteroatoms. The van der Waals surface area contributed by atoms with Gasteiger partial charge >= 0.3 is 6.18 Å². The SMILES string of the molecule is N#Cc1c(CO)cc([N+](=O)[O-])cc1C(F)(F)F. The third-order valence-corrected chi connectivity index (χ3v) is 2.00. The van der Waals surface area contributed by atoms with Gasteiger partial charge in [0.1, 0.15) is 6.07 Å². The predicted molar refractivity (Wildman–Crippen MR) is 48.7 cm³/mol. The molecule has 5 nitrogen and oxygen atoms in total. The Bertz CT molecular complexity index is 505. The van der Waals surface area contributed by atoms with E-state index in [1.165, 1.54) is 6.07 Å². The fourth-order valence-corrected chi connectivity index (χ4v) is 1.27. The molecule has 0 atom stereocenters. The lowest BCUT2D eigenvalue weighted by atomic mass is 10.0. The summed E-state index contributed by atoms with van der Waals surface area (Å²) in [6.45, 7) is -0.881. The number of hydrogen-bond donors (Lipinski definition) is 1. The largest absolute Gasteiger partial charge is 0.417 e. The van der Waals surface area contributed by atoms with Crippen LogP contribution in [0.5, 0.6) is 0 Å². The van der Waals surface area contributed by atoms with Gasteiger partial charge in [-0.3, -0.25) is 10.1 Å². The molecular weight excluding hydrogens is 241 g/mol. The van der Waals surface area contributed by atoms with Gasteiger partial charge in [0.25, 0.3) is 5.69 Å². The number of aliphatic hydroxyl groups is 1. The highest BCUT2D eigenvalue weighted by Crippen LogP contribution is 2.35. The fourth-order valence-electron chi connectivity index (χ4n) is 1.27. The summed E-state index contributed by atoms with van der Waals surface area (Å²) >= 11 is 0. The number of non-ortho nitro benzene ring substituents is 1. The molecule has 0 saturated heterocycles. The Morgan fingerprint density at radius 2 is 2.06 bits per heavy atom. The van der Waals surface area contributed by atoms with E-state index in [0.29, 0.717) is 0 Å². The molecule has 0 aliphatic rings. The Kier molecular flexibility index (Phi) is 3.34. The highest BCUT2D eigenvalue weighted by Gasteiger charge is 2.36. The van der Waals surface area contributed by atoms with Crippen molar-refractivity contribution in [3.8, 4) is 6.07 Å². The van der Waals surface area contributed by atoms with E-state index in [1.54, 1.807) is 0 Å². The number of aliphatic hydroxyl groups excluding tert-OH is 1. The van der Waals surface area contributed by atoms with Crippen molar-refractivity contribution >= 4 is 5.69 Å². The van der Waals surface area contributed by atoms with E-state index >= 15 is 0 Å². The second-order valence-corrected chi connectivity index (χ2v) is 3.05. The zero-order chi connectivity index (χ0) is 13.2. The first-order chi connectivity index (χ1) is 7.81. The van der Waals surface area contributed by atoms with Crippen LogP contribution in [0.25, 0.3) is 0 Å². The van der Waals surface area contributed by atoms with E-state index in [-0.39, 0.29) is 6.07 Å². The van der Waals surface area contributed by atoms with Crippen molar-refractivity contribution in [1.29, 1.82) is 5.26 Å². The molecule has 0 amide bonds. The molecule has 0 spiro atoms. The number of benzene rings is 1. The number of nitro benzene ring substituents is 1. The molecule has 1 rings (SSSR count). The molecule has 0 saturated carbocycles. The van der Waals surface area contributed by atoms with E-state index in [4.69, 9.17) is 10.4 Å². The number of hydrogen-bond acceptors (Lipinski definition) is 4. The van der Waals surface area contributed by atoms with Gasteiger partial charge in [-0.05, 0) is 0 Å². The van der Waals surface area contributed by atoms with Crippen molar-refractivity contribution in [2.24, 2.45) is 0 Å². The van der Waals surface area contributed by atoms with Crippen molar-refractivity contribution in [1.82, 2.24) is 0 Å². The number of nitriles is 1. The molecule has 0 bridgehead atoms. The van der Waals surface area contributed by atoms with Crippen LogP contribution in [0.15, 0.2) is 12.1 Å². The van der Waals surface area contributed by atoms with Crippen LogP contribution in [-0.4, -0.2) is 10.0 Å². The van der Waals surface area contributed by atoms with Gasteiger partial charge in [-0.15, -0.1) is 0 Å². The topological polar surface area (TPSA) is 87.2 Å². The standard InChI is InChI=1S/C9H5F3N2O3/c10-9(11,12)8-2-6(14(16)17)1-5(4-15)7(8)3-13/h1-2,15H,4H2. The van der Waals surface area contributed by atoms with Crippen molar-refractivity contribution in [2.75, 3.05) is 0 Å². The van der Waals surface area contributed by atoms with Crippen molar-refractivity contribution in [3.05, 3.63) is 38.9 Å². The van der Waals surface area contributed by atoms with E-state index in [1.807, 2.05) is 0 Å². The van der Waals surface area contributed by atoms with Gasteiger partial charge in [0.05, 0.1) is 22.7 Å². The Morgan fingerprint density at radius 1 is 1.47 bits per heavy atom. The molecule has 0 unspecified atom stereocenters. The molecule has 0 fully saturated rings. The summed E-state index contributed by atoms with van der Waals surface area (Å²) in [6, 6.07) is 2.30. The highest BCUT2D eigenvalue weighted by atomic mass is 19.4. The Morgan fingerprint density at radius 3 is 2.41 bits per heavy atom. The lowest BCUT2D eigenvalue weighted by Crippen LogP contribution is -2.11. The Labute approximate surface area is 92.9 Å². The summed E-state index contributed by atoms with van der Waals surface area (Å²) in [4.78, 5) is 9.40. The molecule has 0 heterocycles. The maximum Gasteiger partial charge on any atom is 0.417 e. The summed E-state index contributed by atoms with van der Waals surface area (Å²) in [5.41, 5.74) is -3.46. The van der Waals surface area contributed by atoms with Gasteiger partial charge < -0.3 is 5.11 Å². The molecular formula is C9H5F3N2O3. The van der Waals surface area contributed by atoms with Crippen LogP contribution in [0.2, 0.25) is 0 Å². The molecule has 0 aliphatic heterocycles. The highest BCUT2D eigenvalue weighted by molar-refractivity contribution is 5.52. The smallest absolute Gasteiger partial charge is 0.392 e. The minimum Gasteiger partial charge on any atom is -0.392 e. The van der Waals surface area contributed by atoms with Crippen LogP contribution < -0.4 is 0 Å². The molecule has 0 aliphatic carbocycles. The third-order valence-electron chi connectivity index (χ3n) is 2.00. The van der Waals surface area contributed by atoms with Crippen molar-refractivity contribution in [2.45, 2.75) is 12.8 Å². The van der Waals surface area contributed by atoms with E-state index in [0.717, 1.165) is 6.07 Å². The van der Waals surface area contributed by atoms with Gasteiger partial charge in [-0.25, -0.2) is 0 Å². The predicted octanol–water partition coefficient (Wildman–Crippen LogP) is 1.98. The Hall–Kier alpha value is -2.14. The van der Waals surface area contributed by atoms with Gasteiger partial charge in [0.15, 0.2) is 0 Å². The average molecular weight is 246 g/mol. The summed E-state index contributed by atoms with van der Waals surface area (Å²) in [5.74, 6) is 0. The van der Waals surface area contributed by atoms with Gasteiger partial charge in [0, 0.05) is 17.7 Å². The maximum atomic E-state index is 12.5.